The summed E-state index contributed by atoms with van der Waals surface area (Å²) in [5.41, 5.74) is 6.89. The van der Waals surface area contributed by atoms with Crippen molar-refractivity contribution in [3.63, 3.8) is 0 Å². The second-order valence-electron chi connectivity index (χ2n) is 9.87. The Hall–Kier alpha value is -4.77. The first-order chi connectivity index (χ1) is 19.5. The van der Waals surface area contributed by atoms with Crippen LogP contribution in [0.3, 0.4) is 0 Å². The Bertz CT molecular complexity index is 1620. The van der Waals surface area contributed by atoms with Crippen LogP contribution in [0.1, 0.15) is 42.2 Å². The highest BCUT2D eigenvalue weighted by molar-refractivity contribution is 5.90. The lowest BCUT2D eigenvalue weighted by molar-refractivity contribution is -0.132. The molecule has 0 bridgehead atoms. The third kappa shape index (κ3) is 6.26. The SMILES string of the molecule is C=C(Nc1ccc(-c2ccc(Cc3c(CCCC)oc4ccccc34)cc2)cc1OCc1ccccc1)C(=O)O. The average molecular weight is 532 g/mol. The number of carbonyl (C=O) groups is 1. The van der Waals surface area contributed by atoms with Crippen LogP contribution >= 0.6 is 0 Å². The summed E-state index contributed by atoms with van der Waals surface area (Å²) in [6.07, 6.45) is 3.98. The highest BCUT2D eigenvalue weighted by Crippen LogP contribution is 2.34. The summed E-state index contributed by atoms with van der Waals surface area (Å²) in [4.78, 5) is 11.4. The molecule has 0 spiro atoms. The number of carboxylic acids is 1. The first-order valence-electron chi connectivity index (χ1n) is 13.6. The van der Waals surface area contributed by atoms with Crippen molar-refractivity contribution in [2.45, 2.75) is 39.2 Å². The molecule has 5 rings (SSSR count). The van der Waals surface area contributed by atoms with Gasteiger partial charge in [0.1, 0.15) is 29.4 Å². The number of hydrogen-bond acceptors (Lipinski definition) is 4. The molecule has 0 aliphatic heterocycles. The van der Waals surface area contributed by atoms with Gasteiger partial charge in [0.15, 0.2) is 0 Å². The fourth-order valence-electron chi connectivity index (χ4n) is 4.78. The molecule has 0 fully saturated rings. The number of anilines is 1. The predicted molar refractivity (Wildman–Crippen MR) is 161 cm³/mol. The molecule has 0 saturated carbocycles. The molecule has 1 aromatic heterocycles. The number of fused-ring (bicyclic) bond motifs is 1. The molecule has 2 N–H and O–H groups in total. The van der Waals surface area contributed by atoms with Crippen molar-refractivity contribution in [2.24, 2.45) is 0 Å². The number of hydrogen-bond donors (Lipinski definition) is 2. The summed E-state index contributed by atoms with van der Waals surface area (Å²) in [6, 6.07) is 32.4. The average Bonchev–Trinajstić information content (AvgIpc) is 3.33. The number of aliphatic carboxylic acids is 1. The molecular weight excluding hydrogens is 498 g/mol. The number of ether oxygens (including phenoxy) is 1. The second-order valence-corrected chi connectivity index (χ2v) is 9.87. The first kappa shape index (κ1) is 26.8. The van der Waals surface area contributed by atoms with E-state index in [1.54, 1.807) is 0 Å². The van der Waals surface area contributed by atoms with E-state index in [1.165, 1.54) is 16.5 Å². The van der Waals surface area contributed by atoms with Crippen LogP contribution in [0.5, 0.6) is 5.75 Å². The van der Waals surface area contributed by atoms with Crippen LogP contribution < -0.4 is 10.1 Å². The lowest BCUT2D eigenvalue weighted by atomic mass is 9.97. The minimum atomic E-state index is -1.11. The van der Waals surface area contributed by atoms with Gasteiger partial charge in [-0.3, -0.25) is 0 Å². The number of nitrogens with one attached hydrogen (secondary N) is 1. The van der Waals surface area contributed by atoms with Crippen LogP contribution in [-0.4, -0.2) is 11.1 Å². The number of benzene rings is 4. The van der Waals surface area contributed by atoms with Crippen LogP contribution in [0.4, 0.5) is 5.69 Å². The topological polar surface area (TPSA) is 71.7 Å². The number of aryl methyl sites for hydroxylation is 1. The number of rotatable bonds is 12. The molecule has 0 amide bonds. The fourth-order valence-corrected chi connectivity index (χ4v) is 4.78. The molecule has 202 valence electrons. The van der Waals surface area contributed by atoms with Crippen molar-refractivity contribution < 1.29 is 19.1 Å². The lowest BCUT2D eigenvalue weighted by Gasteiger charge is -2.15. The number of carboxylic acid groups (broad SMARTS) is 1. The van der Waals surface area contributed by atoms with Crippen LogP contribution in [0.2, 0.25) is 0 Å². The van der Waals surface area contributed by atoms with E-state index in [0.717, 1.165) is 53.7 Å². The Kier molecular flexibility index (Phi) is 8.31. The van der Waals surface area contributed by atoms with Gasteiger partial charge >= 0.3 is 5.97 Å². The number of para-hydroxylation sites is 1. The smallest absolute Gasteiger partial charge is 0.351 e. The molecule has 0 aliphatic carbocycles. The van der Waals surface area contributed by atoms with Gasteiger partial charge in [-0.05, 0) is 46.9 Å². The molecule has 0 aliphatic rings. The Morgan fingerprint density at radius 1 is 0.900 bits per heavy atom. The predicted octanol–water partition coefficient (Wildman–Crippen LogP) is 8.62. The Morgan fingerprint density at radius 3 is 2.38 bits per heavy atom. The molecule has 0 unspecified atom stereocenters. The zero-order valence-corrected chi connectivity index (χ0v) is 22.7. The largest absolute Gasteiger partial charge is 0.487 e. The van der Waals surface area contributed by atoms with E-state index in [9.17, 15) is 9.90 Å². The van der Waals surface area contributed by atoms with Gasteiger partial charge in [0.05, 0.1) is 5.69 Å². The maximum atomic E-state index is 11.4. The molecule has 1 heterocycles. The molecular formula is C35H33NO4. The standard InChI is InChI=1S/C35H33NO4/c1-3-4-13-33-30(29-12-8-9-14-32(29)40-33)21-25-15-17-27(18-16-25)28-19-20-31(36-24(2)35(37)38)34(22-28)39-23-26-10-6-5-7-11-26/h5-12,14-20,22,36H,2-4,13,21,23H2,1H3,(H,37,38). The second kappa shape index (κ2) is 12.4. The van der Waals surface area contributed by atoms with Gasteiger partial charge in [0.2, 0.25) is 0 Å². The summed E-state index contributed by atoms with van der Waals surface area (Å²) in [5.74, 6) is 0.522. The van der Waals surface area contributed by atoms with E-state index in [4.69, 9.17) is 9.15 Å². The van der Waals surface area contributed by atoms with Crippen LogP contribution in [0, 0.1) is 0 Å². The minimum absolute atomic E-state index is 0.119. The monoisotopic (exact) mass is 531 g/mol. The van der Waals surface area contributed by atoms with Gasteiger partial charge in [0, 0.05) is 23.8 Å². The molecule has 4 aromatic carbocycles. The molecule has 0 atom stereocenters. The summed E-state index contributed by atoms with van der Waals surface area (Å²) in [6.45, 7) is 6.15. The van der Waals surface area contributed by atoms with E-state index >= 15 is 0 Å². The van der Waals surface area contributed by atoms with Gasteiger partial charge in [0.25, 0.3) is 0 Å². The van der Waals surface area contributed by atoms with E-state index in [1.807, 2.05) is 60.7 Å². The molecule has 40 heavy (non-hydrogen) atoms. The van der Waals surface area contributed by atoms with E-state index < -0.39 is 5.97 Å². The highest BCUT2D eigenvalue weighted by atomic mass is 16.5. The Morgan fingerprint density at radius 2 is 1.62 bits per heavy atom. The van der Waals surface area contributed by atoms with Crippen LogP contribution in [-0.2, 0) is 24.2 Å². The fraction of sp³-hybridized carbons (Fsp3) is 0.171. The van der Waals surface area contributed by atoms with Gasteiger partial charge < -0.3 is 19.6 Å². The zero-order valence-electron chi connectivity index (χ0n) is 22.7. The summed E-state index contributed by atoms with van der Waals surface area (Å²) < 4.78 is 12.4. The summed E-state index contributed by atoms with van der Waals surface area (Å²) in [5, 5.41) is 13.4. The number of unbranched alkanes of at least 4 members (excludes halogenated alkanes) is 1. The van der Waals surface area contributed by atoms with Gasteiger partial charge in [-0.2, -0.15) is 0 Å². The third-order valence-corrected chi connectivity index (χ3v) is 6.97. The summed E-state index contributed by atoms with van der Waals surface area (Å²) in [7, 11) is 0. The zero-order chi connectivity index (χ0) is 27.9. The molecule has 0 saturated heterocycles. The van der Waals surface area contributed by atoms with E-state index in [0.29, 0.717) is 18.0 Å². The van der Waals surface area contributed by atoms with E-state index in [2.05, 4.69) is 55.2 Å². The molecule has 0 radical (unpaired) electrons. The van der Waals surface area contributed by atoms with Crippen LogP contribution in [0.15, 0.2) is 114 Å². The first-order valence-corrected chi connectivity index (χ1v) is 13.6. The number of furan rings is 1. The van der Waals surface area contributed by atoms with Crippen molar-refractivity contribution in [1.29, 1.82) is 0 Å². The minimum Gasteiger partial charge on any atom is -0.487 e. The molecule has 5 heteroatoms. The van der Waals surface area contributed by atoms with Crippen molar-refractivity contribution >= 4 is 22.6 Å². The highest BCUT2D eigenvalue weighted by Gasteiger charge is 2.15. The van der Waals surface area contributed by atoms with Gasteiger partial charge in [-0.25, -0.2) is 4.79 Å². The van der Waals surface area contributed by atoms with Crippen molar-refractivity contribution in [1.82, 2.24) is 0 Å². The quantitative estimate of drug-likeness (QED) is 0.158. The van der Waals surface area contributed by atoms with Crippen molar-refractivity contribution in [2.75, 3.05) is 5.32 Å². The van der Waals surface area contributed by atoms with Crippen molar-refractivity contribution in [3.8, 4) is 16.9 Å². The van der Waals surface area contributed by atoms with Crippen LogP contribution in [0.25, 0.3) is 22.1 Å². The normalized spacial score (nSPS) is 10.9. The maximum Gasteiger partial charge on any atom is 0.351 e. The third-order valence-electron chi connectivity index (χ3n) is 6.97. The molecule has 5 aromatic rings. The summed E-state index contributed by atoms with van der Waals surface area (Å²) >= 11 is 0. The molecule has 5 nitrogen and oxygen atoms in total. The van der Waals surface area contributed by atoms with Gasteiger partial charge in [-0.1, -0.05) is 98.8 Å². The maximum absolute atomic E-state index is 11.4. The van der Waals surface area contributed by atoms with Gasteiger partial charge in [-0.15, -0.1) is 0 Å². The lowest BCUT2D eigenvalue weighted by Crippen LogP contribution is -2.10. The van der Waals surface area contributed by atoms with E-state index in [-0.39, 0.29) is 5.70 Å². The Balaban J connectivity index is 1.39. The Labute approximate surface area is 234 Å². The van der Waals surface area contributed by atoms with Crippen molar-refractivity contribution in [3.05, 3.63) is 132 Å².